The molecule has 20 N–H and O–H groups in total. The van der Waals surface area contributed by atoms with Crippen LogP contribution >= 0.6 is 0 Å². The first-order chi connectivity index (χ1) is 30.2. The molecule has 0 aliphatic rings. The van der Waals surface area contributed by atoms with E-state index in [2.05, 4.69) is 0 Å². The molecule has 0 aromatic rings. The van der Waals surface area contributed by atoms with Gasteiger partial charge in [0.25, 0.3) is 0 Å². The molecule has 11 unspecified atom stereocenters. The molecule has 0 saturated heterocycles. The number of carbonyl (C=O) groups is 1. The molecule has 0 radical (unpaired) electrons. The Morgan fingerprint density at radius 2 is 0.734 bits per heavy atom. The Morgan fingerprint density at radius 1 is 0.406 bits per heavy atom. The van der Waals surface area contributed by atoms with Gasteiger partial charge in [-0.3, -0.25) is 4.79 Å². The Balaban J connectivity index is 10.6. The molecule has 0 aliphatic carbocycles. The van der Waals surface area contributed by atoms with Crippen LogP contribution in [0, 0.1) is 27.6 Å². The Labute approximate surface area is 375 Å². The van der Waals surface area contributed by atoms with E-state index in [9.17, 15) is 102 Å². The Morgan fingerprint density at radius 3 is 1.08 bits per heavy atom. The molecule has 0 spiro atoms. The lowest BCUT2D eigenvalue weighted by atomic mass is 9.33. The molecule has 0 bridgehead atoms. The molecule has 0 saturated carbocycles. The second-order valence-corrected chi connectivity index (χ2v) is 17.8. The van der Waals surface area contributed by atoms with Crippen molar-refractivity contribution in [1.82, 2.24) is 0 Å². The lowest BCUT2D eigenvalue weighted by Gasteiger charge is -2.70. The molecule has 0 aromatic carbocycles. The first-order valence-corrected chi connectivity index (χ1v) is 22.2. The van der Waals surface area contributed by atoms with Crippen LogP contribution in [0.15, 0.2) is 0 Å². The number of carbonyl (C=O) groups excluding carboxylic acids is 1. The Kier molecular flexibility index (Phi) is 31.0. The third-order valence-electron chi connectivity index (χ3n) is 13.1. The zero-order valence-corrected chi connectivity index (χ0v) is 37.3. The predicted octanol–water partition coefficient (Wildman–Crippen LogP) is -5.90. The van der Waals surface area contributed by atoms with Crippen LogP contribution in [-0.2, 0) is 9.53 Å². The molecule has 64 heavy (non-hydrogen) atoms. The van der Waals surface area contributed by atoms with Crippen molar-refractivity contribution < 1.29 is 112 Å². The summed E-state index contributed by atoms with van der Waals surface area (Å²) in [6, 6.07) is 0. The summed E-state index contributed by atoms with van der Waals surface area (Å²) in [4.78, 5) is 15.5. The maximum absolute atomic E-state index is 15.5. The van der Waals surface area contributed by atoms with Crippen LogP contribution in [-0.4, -0.2) is 242 Å². The number of esters is 1. The SMILES string of the molecule is CCCCCCC(CC(O)CO)C(CC(O)CO)(CC(O)CO)C(CC(O)CO)(CC(O)CO)C(CC(O)CO)(CC(O)CO)C(CC(O)CO)(CC(O)CO)C(=O)OCC(O)CO. The van der Waals surface area contributed by atoms with Gasteiger partial charge in [0.1, 0.15) is 12.7 Å². The molecule has 0 aromatic heterocycles. The molecule has 11 atom stereocenters. The summed E-state index contributed by atoms with van der Waals surface area (Å²) in [5.41, 5.74) is -10.8. The summed E-state index contributed by atoms with van der Waals surface area (Å²) in [6.07, 6.45) is -26.5. The summed E-state index contributed by atoms with van der Waals surface area (Å²) in [7, 11) is 0. The number of rotatable bonds is 40. The molecule has 22 nitrogen and oxygen atoms in total. The van der Waals surface area contributed by atoms with Gasteiger partial charge in [0.05, 0.1) is 126 Å². The highest BCUT2D eigenvalue weighted by Gasteiger charge is 2.74. The van der Waals surface area contributed by atoms with E-state index in [1.54, 1.807) is 0 Å². The molecule has 384 valence electrons. The third kappa shape index (κ3) is 17.0. The summed E-state index contributed by atoms with van der Waals surface area (Å²) >= 11 is 0. The molecule has 0 aliphatic heterocycles. The topological polar surface area (TPSA) is 431 Å². The van der Waals surface area contributed by atoms with Gasteiger partial charge in [-0.1, -0.05) is 32.6 Å². The van der Waals surface area contributed by atoms with Gasteiger partial charge in [-0.2, -0.15) is 0 Å². The molecular formula is C42H84O22. The van der Waals surface area contributed by atoms with Gasteiger partial charge in [-0.05, 0) is 86.4 Å². The lowest BCUT2D eigenvalue weighted by molar-refractivity contribution is -0.270. The fourth-order valence-corrected chi connectivity index (χ4v) is 10.7. The smallest absolute Gasteiger partial charge is 0.312 e. The molecule has 0 amide bonds. The molecule has 0 heterocycles. The van der Waals surface area contributed by atoms with Crippen molar-refractivity contribution in [2.75, 3.05) is 72.7 Å². The van der Waals surface area contributed by atoms with Gasteiger partial charge in [0.15, 0.2) is 0 Å². The van der Waals surface area contributed by atoms with Crippen LogP contribution in [0.25, 0.3) is 0 Å². The van der Waals surface area contributed by atoms with Gasteiger partial charge >= 0.3 is 5.97 Å². The number of ether oxygens (including phenoxy) is 1. The summed E-state index contributed by atoms with van der Waals surface area (Å²) < 4.78 is 5.60. The van der Waals surface area contributed by atoms with Crippen molar-refractivity contribution in [1.29, 1.82) is 0 Å². The number of aliphatic hydroxyl groups excluding tert-OH is 20. The van der Waals surface area contributed by atoms with E-state index in [-0.39, 0.29) is 12.8 Å². The van der Waals surface area contributed by atoms with Crippen LogP contribution in [0.3, 0.4) is 0 Å². The van der Waals surface area contributed by atoms with Crippen molar-refractivity contribution in [3.63, 3.8) is 0 Å². The predicted molar refractivity (Wildman–Crippen MR) is 225 cm³/mol. The lowest BCUT2D eigenvalue weighted by Crippen LogP contribution is -2.70. The van der Waals surface area contributed by atoms with E-state index in [1.807, 2.05) is 6.92 Å². The van der Waals surface area contributed by atoms with Gasteiger partial charge in [-0.15, -0.1) is 0 Å². The van der Waals surface area contributed by atoms with E-state index in [4.69, 9.17) is 4.74 Å². The third-order valence-corrected chi connectivity index (χ3v) is 13.1. The van der Waals surface area contributed by atoms with Crippen molar-refractivity contribution in [2.45, 2.75) is 158 Å². The van der Waals surface area contributed by atoms with E-state index >= 15 is 4.79 Å². The first kappa shape index (κ1) is 62.7. The van der Waals surface area contributed by atoms with Gasteiger partial charge < -0.3 is 107 Å². The van der Waals surface area contributed by atoms with Gasteiger partial charge in [-0.25, -0.2) is 0 Å². The normalized spacial score (nSPS) is 21.4. The van der Waals surface area contributed by atoms with E-state index in [1.165, 1.54) is 0 Å². The van der Waals surface area contributed by atoms with Crippen molar-refractivity contribution in [2.24, 2.45) is 27.6 Å². The minimum atomic E-state index is -2.94. The molecule has 0 rings (SSSR count). The molecular weight excluding hydrogens is 856 g/mol. The van der Waals surface area contributed by atoms with Crippen LogP contribution in [0.1, 0.15) is 96.8 Å². The van der Waals surface area contributed by atoms with E-state index in [0.717, 1.165) is 0 Å². The largest absolute Gasteiger partial charge is 0.462 e. The van der Waals surface area contributed by atoms with Crippen LogP contribution in [0.2, 0.25) is 0 Å². The van der Waals surface area contributed by atoms with Crippen molar-refractivity contribution >= 4 is 5.97 Å². The second-order valence-electron chi connectivity index (χ2n) is 17.8. The van der Waals surface area contributed by atoms with Gasteiger partial charge in [0.2, 0.25) is 0 Å². The highest BCUT2D eigenvalue weighted by Crippen LogP contribution is 2.74. The summed E-state index contributed by atoms with van der Waals surface area (Å²) in [5, 5.41) is 221. The maximum atomic E-state index is 15.5. The molecule has 0 fully saturated rings. The average molecular weight is 941 g/mol. The number of hydrogen-bond acceptors (Lipinski definition) is 22. The van der Waals surface area contributed by atoms with Crippen molar-refractivity contribution in [3.8, 4) is 0 Å². The zero-order chi connectivity index (χ0) is 49.3. The monoisotopic (exact) mass is 941 g/mol. The average Bonchev–Trinajstić information content (AvgIpc) is 3.29. The maximum Gasteiger partial charge on any atom is 0.312 e. The van der Waals surface area contributed by atoms with Crippen LogP contribution in [0.4, 0.5) is 0 Å². The zero-order valence-electron chi connectivity index (χ0n) is 37.3. The van der Waals surface area contributed by atoms with Crippen LogP contribution in [0.5, 0.6) is 0 Å². The fraction of sp³-hybridized carbons (Fsp3) is 0.976. The van der Waals surface area contributed by atoms with Gasteiger partial charge in [0, 0.05) is 0 Å². The molecule has 22 heteroatoms. The minimum Gasteiger partial charge on any atom is -0.462 e. The quantitative estimate of drug-likeness (QED) is 0.0201. The Bertz CT molecular complexity index is 1150. The standard InChI is InChI=1S/C42H84O22/c1-2-3-4-5-6-27(7-28(53)16-43)39(8-29(54)17-44,9-30(55)18-45)41(12-33(58)21-48,13-34(59)22-49)42(14-35(60)23-50,15-36(61)24-51)40(10-31(56)19-46,11-32(57)20-47)38(63)64-26-37(62)25-52/h27-37,43-62H,2-26H2,1H3. The Hall–Kier alpha value is -1.33. The second kappa shape index (κ2) is 31.7. The summed E-state index contributed by atoms with van der Waals surface area (Å²) in [6.45, 7) is -10.3. The van der Waals surface area contributed by atoms with E-state index in [0.29, 0.717) is 19.3 Å². The fourth-order valence-electron chi connectivity index (χ4n) is 10.7. The number of hydrogen-bond donors (Lipinski definition) is 20. The highest BCUT2D eigenvalue weighted by atomic mass is 16.5. The van der Waals surface area contributed by atoms with Crippen LogP contribution < -0.4 is 0 Å². The first-order valence-electron chi connectivity index (χ1n) is 22.2. The highest BCUT2D eigenvalue weighted by molar-refractivity contribution is 5.79. The van der Waals surface area contributed by atoms with E-state index < -0.39 is 225 Å². The van der Waals surface area contributed by atoms with Crippen molar-refractivity contribution in [3.05, 3.63) is 0 Å². The number of unbranched alkanes of at least 4 members (excludes halogenated alkanes) is 3. The number of aliphatic hydroxyl groups is 20. The summed E-state index contributed by atoms with van der Waals surface area (Å²) in [5.74, 6) is -2.90. The minimum absolute atomic E-state index is 0.0700.